The first-order valence-electron chi connectivity index (χ1n) is 5.91. The van der Waals surface area contributed by atoms with Crippen molar-refractivity contribution in [1.82, 2.24) is 5.32 Å². The lowest BCUT2D eigenvalue weighted by Gasteiger charge is -2.27. The van der Waals surface area contributed by atoms with E-state index in [9.17, 15) is 0 Å². The fourth-order valence-electron chi connectivity index (χ4n) is 3.03. The van der Waals surface area contributed by atoms with E-state index in [0.717, 1.165) is 18.6 Å². The van der Waals surface area contributed by atoms with E-state index in [-0.39, 0.29) is 0 Å². The second kappa shape index (κ2) is 3.63. The Morgan fingerprint density at radius 3 is 3.00 bits per heavy atom. The molecule has 2 aliphatic rings. The molecule has 1 aromatic rings. The summed E-state index contributed by atoms with van der Waals surface area (Å²) in [4.78, 5) is 0. The third-order valence-corrected chi connectivity index (χ3v) is 3.81. The molecule has 84 valence electrons. The maximum Gasteiger partial charge on any atom is 0.122 e. The largest absolute Gasteiger partial charge is 0.496 e. The van der Waals surface area contributed by atoms with Crippen LogP contribution in [-0.2, 0) is 12.8 Å². The Morgan fingerprint density at radius 1 is 1.38 bits per heavy atom. The topological polar surface area (TPSA) is 21.3 Å². The first-order valence-corrected chi connectivity index (χ1v) is 5.91. The molecule has 0 spiro atoms. The summed E-state index contributed by atoms with van der Waals surface area (Å²) in [6, 6.07) is 4.85. The Bertz CT molecular complexity index is 462. The van der Waals surface area contributed by atoms with Crippen LogP contribution >= 0.6 is 0 Å². The van der Waals surface area contributed by atoms with Gasteiger partial charge in [-0.05, 0) is 49.1 Å². The van der Waals surface area contributed by atoms with Gasteiger partial charge in [0.15, 0.2) is 0 Å². The standard InChI is InChI=1S/C14H17NO/c1-15-12-7-6-11-13(16-2)8-4-9-3-5-10(12)14(9)11/h4-5,8,12,15H,3,6-7H2,1-2H3. The fraction of sp³-hybridized carbons (Fsp3) is 0.429. The number of nitrogens with one attached hydrogen (secondary N) is 1. The van der Waals surface area contributed by atoms with Gasteiger partial charge in [-0.25, -0.2) is 0 Å². The highest BCUT2D eigenvalue weighted by atomic mass is 16.5. The summed E-state index contributed by atoms with van der Waals surface area (Å²) in [6.07, 6.45) is 5.75. The van der Waals surface area contributed by atoms with E-state index in [2.05, 4.69) is 30.6 Å². The van der Waals surface area contributed by atoms with E-state index in [1.807, 2.05) is 0 Å². The number of rotatable bonds is 2. The van der Waals surface area contributed by atoms with Gasteiger partial charge in [0.2, 0.25) is 0 Å². The average Bonchev–Trinajstić information content (AvgIpc) is 2.76. The highest BCUT2D eigenvalue weighted by molar-refractivity contribution is 5.81. The molecular weight excluding hydrogens is 198 g/mol. The van der Waals surface area contributed by atoms with Crippen LogP contribution in [0.3, 0.4) is 0 Å². The third kappa shape index (κ3) is 1.23. The lowest BCUT2D eigenvalue weighted by atomic mass is 9.84. The minimum atomic E-state index is 0.529. The van der Waals surface area contributed by atoms with E-state index in [4.69, 9.17) is 4.74 Å². The van der Waals surface area contributed by atoms with Crippen molar-refractivity contribution in [2.75, 3.05) is 14.2 Å². The molecule has 0 amide bonds. The monoisotopic (exact) mass is 215 g/mol. The second-order valence-electron chi connectivity index (χ2n) is 4.52. The Labute approximate surface area is 96.3 Å². The summed E-state index contributed by atoms with van der Waals surface area (Å²) in [5, 5.41) is 3.41. The van der Waals surface area contributed by atoms with Crippen LogP contribution in [0.2, 0.25) is 0 Å². The molecule has 1 unspecified atom stereocenters. The molecule has 0 heterocycles. The van der Waals surface area contributed by atoms with Crippen LogP contribution in [-0.4, -0.2) is 20.2 Å². The quantitative estimate of drug-likeness (QED) is 0.816. The van der Waals surface area contributed by atoms with Crippen molar-refractivity contribution in [3.05, 3.63) is 34.9 Å². The summed E-state index contributed by atoms with van der Waals surface area (Å²) in [5.41, 5.74) is 5.82. The zero-order chi connectivity index (χ0) is 11.1. The van der Waals surface area contributed by atoms with E-state index < -0.39 is 0 Å². The van der Waals surface area contributed by atoms with Crippen LogP contribution < -0.4 is 10.1 Å². The van der Waals surface area contributed by atoms with Gasteiger partial charge in [0.25, 0.3) is 0 Å². The summed E-state index contributed by atoms with van der Waals surface area (Å²) >= 11 is 0. The zero-order valence-corrected chi connectivity index (χ0v) is 9.84. The molecule has 1 aromatic carbocycles. The van der Waals surface area contributed by atoms with E-state index >= 15 is 0 Å². The second-order valence-corrected chi connectivity index (χ2v) is 4.52. The predicted octanol–water partition coefficient (Wildman–Crippen LogP) is 2.17. The molecule has 2 aliphatic carbocycles. The third-order valence-electron chi connectivity index (χ3n) is 3.81. The van der Waals surface area contributed by atoms with Crippen molar-refractivity contribution < 1.29 is 4.74 Å². The molecule has 0 fully saturated rings. The maximum atomic E-state index is 5.46. The number of hydrogen-bond donors (Lipinski definition) is 1. The molecule has 3 rings (SSSR count). The van der Waals surface area contributed by atoms with Crippen LogP contribution in [0.5, 0.6) is 5.75 Å². The summed E-state index contributed by atoms with van der Waals surface area (Å²) in [7, 11) is 3.81. The van der Waals surface area contributed by atoms with Crippen molar-refractivity contribution >= 4 is 5.57 Å². The Hall–Kier alpha value is -1.28. The summed E-state index contributed by atoms with van der Waals surface area (Å²) in [5.74, 6) is 1.06. The number of methoxy groups -OCH3 is 1. The van der Waals surface area contributed by atoms with Crippen LogP contribution in [0.25, 0.3) is 5.57 Å². The van der Waals surface area contributed by atoms with Gasteiger partial charge in [0.1, 0.15) is 5.75 Å². The Balaban J connectivity index is 2.17. The Morgan fingerprint density at radius 2 is 2.25 bits per heavy atom. The van der Waals surface area contributed by atoms with Crippen molar-refractivity contribution in [2.24, 2.45) is 0 Å². The minimum absolute atomic E-state index is 0.529. The molecule has 1 atom stereocenters. The Kier molecular flexibility index (Phi) is 2.25. The van der Waals surface area contributed by atoms with E-state index in [1.165, 1.54) is 28.7 Å². The average molecular weight is 215 g/mol. The lowest BCUT2D eigenvalue weighted by Crippen LogP contribution is -2.30. The maximum absolute atomic E-state index is 5.46. The van der Waals surface area contributed by atoms with Gasteiger partial charge in [-0.3, -0.25) is 0 Å². The molecule has 0 saturated heterocycles. The van der Waals surface area contributed by atoms with Crippen molar-refractivity contribution in [3.8, 4) is 5.75 Å². The number of likely N-dealkylation sites (N-methyl/N-ethyl adjacent to an activating group) is 1. The SMILES string of the molecule is CNC1CCc2c(OC)ccc3c2C1=CC3. The molecule has 2 nitrogen and oxygen atoms in total. The number of benzene rings is 1. The van der Waals surface area contributed by atoms with Gasteiger partial charge in [0, 0.05) is 11.6 Å². The molecule has 0 aromatic heterocycles. The highest BCUT2D eigenvalue weighted by Gasteiger charge is 2.29. The molecular formula is C14H17NO. The molecule has 0 saturated carbocycles. The molecule has 1 N–H and O–H groups in total. The molecule has 0 aliphatic heterocycles. The van der Waals surface area contributed by atoms with E-state index in [1.54, 1.807) is 7.11 Å². The van der Waals surface area contributed by atoms with Crippen molar-refractivity contribution in [1.29, 1.82) is 0 Å². The summed E-state index contributed by atoms with van der Waals surface area (Å²) < 4.78 is 5.46. The normalized spacial score (nSPS) is 21.6. The predicted molar refractivity (Wildman–Crippen MR) is 65.8 cm³/mol. The van der Waals surface area contributed by atoms with Gasteiger partial charge in [-0.1, -0.05) is 12.1 Å². The smallest absolute Gasteiger partial charge is 0.122 e. The molecule has 0 bridgehead atoms. The van der Waals surface area contributed by atoms with Crippen LogP contribution in [0.4, 0.5) is 0 Å². The van der Waals surface area contributed by atoms with Crippen molar-refractivity contribution in [2.45, 2.75) is 25.3 Å². The summed E-state index contributed by atoms with van der Waals surface area (Å²) in [6.45, 7) is 0. The van der Waals surface area contributed by atoms with Crippen molar-refractivity contribution in [3.63, 3.8) is 0 Å². The zero-order valence-electron chi connectivity index (χ0n) is 9.84. The minimum Gasteiger partial charge on any atom is -0.496 e. The number of ether oxygens (including phenoxy) is 1. The lowest BCUT2D eigenvalue weighted by molar-refractivity contribution is 0.407. The first-order chi connectivity index (χ1) is 7.85. The van der Waals surface area contributed by atoms with Crippen LogP contribution in [0, 0.1) is 0 Å². The molecule has 0 radical (unpaired) electrons. The molecule has 2 heteroatoms. The number of allylic oxidation sites excluding steroid dienone is 1. The van der Waals surface area contributed by atoms with Gasteiger partial charge in [0.05, 0.1) is 7.11 Å². The van der Waals surface area contributed by atoms with Gasteiger partial charge < -0.3 is 10.1 Å². The van der Waals surface area contributed by atoms with Gasteiger partial charge in [-0.15, -0.1) is 0 Å². The van der Waals surface area contributed by atoms with Crippen LogP contribution in [0.15, 0.2) is 18.2 Å². The van der Waals surface area contributed by atoms with Gasteiger partial charge in [-0.2, -0.15) is 0 Å². The van der Waals surface area contributed by atoms with E-state index in [0.29, 0.717) is 6.04 Å². The van der Waals surface area contributed by atoms with Crippen LogP contribution in [0.1, 0.15) is 23.1 Å². The highest BCUT2D eigenvalue weighted by Crippen LogP contribution is 2.42. The number of hydrogen-bond acceptors (Lipinski definition) is 2. The van der Waals surface area contributed by atoms with Gasteiger partial charge >= 0.3 is 0 Å². The first kappa shape index (κ1) is 9.91. The molecule has 16 heavy (non-hydrogen) atoms. The fourth-order valence-corrected chi connectivity index (χ4v) is 3.03.